The van der Waals surface area contributed by atoms with E-state index in [1.807, 2.05) is 43.4 Å². The lowest BCUT2D eigenvalue weighted by molar-refractivity contribution is 0.0689. The zero-order valence-electron chi connectivity index (χ0n) is 11.3. The van der Waals surface area contributed by atoms with Crippen LogP contribution in [0.25, 0.3) is 5.69 Å². The number of aromatic nitrogens is 2. The molecule has 0 amide bonds. The van der Waals surface area contributed by atoms with Crippen LogP contribution in [-0.4, -0.2) is 20.9 Å². The van der Waals surface area contributed by atoms with Crippen molar-refractivity contribution >= 4 is 28.6 Å². The summed E-state index contributed by atoms with van der Waals surface area (Å²) < 4.78 is 15.9. The first-order valence-electron chi connectivity index (χ1n) is 6.00. The molecule has 0 aliphatic heterocycles. The molecule has 20 heavy (non-hydrogen) atoms. The van der Waals surface area contributed by atoms with Gasteiger partial charge in [0.2, 0.25) is 0 Å². The smallest absolute Gasteiger partial charge is 0.357 e. The molecule has 2 aromatic rings. The van der Waals surface area contributed by atoms with Gasteiger partial charge in [0.1, 0.15) is 11.5 Å². The standard InChI is InChI=1S/C14H14FIN2O2/c1-14(2,3)12-10(16)11(13(19)20)17-18(12)9-7-5-4-6-8(9)15/h4-7H,1-3H3,(H,19,20). The van der Waals surface area contributed by atoms with Crippen LogP contribution >= 0.6 is 22.6 Å². The van der Waals surface area contributed by atoms with E-state index in [1.165, 1.54) is 10.7 Å². The van der Waals surface area contributed by atoms with E-state index < -0.39 is 11.8 Å². The maximum atomic E-state index is 14.0. The predicted molar refractivity (Wildman–Crippen MR) is 81.9 cm³/mol. The van der Waals surface area contributed by atoms with E-state index in [9.17, 15) is 14.3 Å². The Labute approximate surface area is 129 Å². The summed E-state index contributed by atoms with van der Waals surface area (Å²) in [5.74, 6) is -1.55. The lowest BCUT2D eigenvalue weighted by Gasteiger charge is -2.21. The molecule has 1 N–H and O–H groups in total. The largest absolute Gasteiger partial charge is 0.476 e. The molecule has 0 atom stereocenters. The van der Waals surface area contributed by atoms with Crippen LogP contribution in [0.4, 0.5) is 4.39 Å². The van der Waals surface area contributed by atoms with Crippen molar-refractivity contribution in [3.05, 3.63) is 45.0 Å². The van der Waals surface area contributed by atoms with Crippen LogP contribution in [0.5, 0.6) is 0 Å². The third-order valence-corrected chi connectivity index (χ3v) is 3.84. The van der Waals surface area contributed by atoms with Crippen LogP contribution in [-0.2, 0) is 5.41 Å². The van der Waals surface area contributed by atoms with Crippen LogP contribution in [0, 0.1) is 9.39 Å². The van der Waals surface area contributed by atoms with Crippen molar-refractivity contribution in [3.63, 3.8) is 0 Å². The Morgan fingerprint density at radius 1 is 1.35 bits per heavy atom. The van der Waals surface area contributed by atoms with Gasteiger partial charge in [-0.15, -0.1) is 0 Å². The predicted octanol–water partition coefficient (Wildman–Crippen LogP) is 3.61. The average molecular weight is 388 g/mol. The van der Waals surface area contributed by atoms with Gasteiger partial charge >= 0.3 is 5.97 Å². The highest BCUT2D eigenvalue weighted by Gasteiger charge is 2.30. The monoisotopic (exact) mass is 388 g/mol. The number of hydrogen-bond acceptors (Lipinski definition) is 2. The van der Waals surface area contributed by atoms with Crippen LogP contribution in [0.3, 0.4) is 0 Å². The molecule has 106 valence electrons. The second-order valence-electron chi connectivity index (χ2n) is 5.43. The number of carboxylic acid groups (broad SMARTS) is 1. The Kier molecular flexibility index (Phi) is 3.86. The fourth-order valence-electron chi connectivity index (χ4n) is 1.98. The van der Waals surface area contributed by atoms with E-state index in [4.69, 9.17) is 0 Å². The second kappa shape index (κ2) is 5.16. The van der Waals surface area contributed by atoms with Crippen LogP contribution < -0.4 is 0 Å². The van der Waals surface area contributed by atoms with Gasteiger partial charge in [0.05, 0.1) is 9.26 Å². The van der Waals surface area contributed by atoms with Crippen LogP contribution in [0.2, 0.25) is 0 Å². The number of aromatic carboxylic acids is 1. The molecule has 0 aliphatic carbocycles. The van der Waals surface area contributed by atoms with Crippen molar-refractivity contribution in [2.75, 3.05) is 0 Å². The van der Waals surface area contributed by atoms with E-state index in [1.54, 1.807) is 18.2 Å². The third-order valence-electron chi connectivity index (χ3n) is 2.82. The molecule has 4 nitrogen and oxygen atoms in total. The lowest BCUT2D eigenvalue weighted by Crippen LogP contribution is -2.19. The number of carbonyl (C=O) groups is 1. The molecule has 1 aromatic carbocycles. The van der Waals surface area contributed by atoms with Gasteiger partial charge in [0.25, 0.3) is 0 Å². The Bertz CT molecular complexity index is 674. The normalized spacial score (nSPS) is 11.7. The van der Waals surface area contributed by atoms with Crippen molar-refractivity contribution < 1.29 is 14.3 Å². The minimum atomic E-state index is -1.12. The molecule has 0 radical (unpaired) electrons. The molecule has 0 saturated heterocycles. The quantitative estimate of drug-likeness (QED) is 0.800. The first-order chi connectivity index (χ1) is 9.23. The van der Waals surface area contributed by atoms with Gasteiger partial charge in [-0.25, -0.2) is 13.9 Å². The van der Waals surface area contributed by atoms with Gasteiger partial charge in [0.15, 0.2) is 5.69 Å². The molecular weight excluding hydrogens is 374 g/mol. The van der Waals surface area contributed by atoms with Gasteiger partial charge in [-0.2, -0.15) is 5.10 Å². The van der Waals surface area contributed by atoms with Crippen molar-refractivity contribution in [2.24, 2.45) is 0 Å². The molecule has 0 unspecified atom stereocenters. The van der Waals surface area contributed by atoms with Gasteiger partial charge < -0.3 is 5.11 Å². The molecule has 0 bridgehead atoms. The number of nitrogens with zero attached hydrogens (tertiary/aromatic N) is 2. The van der Waals surface area contributed by atoms with Gasteiger partial charge in [-0.05, 0) is 34.7 Å². The minimum absolute atomic E-state index is 0.0567. The van der Waals surface area contributed by atoms with E-state index in [0.29, 0.717) is 9.26 Å². The number of hydrogen-bond donors (Lipinski definition) is 1. The second-order valence-corrected chi connectivity index (χ2v) is 6.51. The van der Waals surface area contributed by atoms with Gasteiger partial charge in [-0.1, -0.05) is 32.9 Å². The summed E-state index contributed by atoms with van der Waals surface area (Å²) in [6, 6.07) is 6.19. The molecule has 0 spiro atoms. The highest BCUT2D eigenvalue weighted by molar-refractivity contribution is 14.1. The van der Waals surface area contributed by atoms with Crippen LogP contribution in [0.15, 0.2) is 24.3 Å². The Hall–Kier alpha value is -1.44. The first kappa shape index (κ1) is 15.0. The number of halogens is 2. The molecule has 0 fully saturated rings. The molecule has 1 heterocycles. The van der Waals surface area contributed by atoms with E-state index in [2.05, 4.69) is 5.10 Å². The summed E-state index contributed by atoms with van der Waals surface area (Å²) >= 11 is 1.95. The van der Waals surface area contributed by atoms with Gasteiger partial charge in [-0.3, -0.25) is 0 Å². The first-order valence-corrected chi connectivity index (χ1v) is 7.08. The van der Waals surface area contributed by atoms with Crippen molar-refractivity contribution in [2.45, 2.75) is 26.2 Å². The number of rotatable bonds is 2. The molecular formula is C14H14FIN2O2. The fraction of sp³-hybridized carbons (Fsp3) is 0.286. The molecule has 0 aliphatic rings. The topological polar surface area (TPSA) is 55.1 Å². The highest BCUT2D eigenvalue weighted by Crippen LogP contribution is 2.32. The summed E-state index contributed by atoms with van der Waals surface area (Å²) in [6.07, 6.45) is 0. The summed E-state index contributed by atoms with van der Waals surface area (Å²) in [5, 5.41) is 13.3. The van der Waals surface area contributed by atoms with Crippen molar-refractivity contribution in [3.8, 4) is 5.69 Å². The summed E-state index contributed by atoms with van der Waals surface area (Å²) in [7, 11) is 0. The summed E-state index contributed by atoms with van der Waals surface area (Å²) in [5.41, 5.74) is 0.515. The highest BCUT2D eigenvalue weighted by atomic mass is 127. The van der Waals surface area contributed by atoms with Crippen LogP contribution in [0.1, 0.15) is 37.0 Å². The van der Waals surface area contributed by atoms with Gasteiger partial charge in [0, 0.05) is 5.41 Å². The maximum Gasteiger partial charge on any atom is 0.357 e. The van der Waals surface area contributed by atoms with E-state index in [0.717, 1.165) is 0 Å². The SMILES string of the molecule is CC(C)(C)c1c(I)c(C(=O)O)nn1-c1ccccc1F. The Balaban J connectivity index is 2.80. The number of benzene rings is 1. The summed E-state index contributed by atoms with van der Waals surface area (Å²) in [6.45, 7) is 5.82. The molecule has 0 saturated carbocycles. The number of carboxylic acids is 1. The Morgan fingerprint density at radius 3 is 2.45 bits per heavy atom. The minimum Gasteiger partial charge on any atom is -0.476 e. The van der Waals surface area contributed by atoms with E-state index in [-0.39, 0.29) is 16.8 Å². The van der Waals surface area contributed by atoms with Crippen molar-refractivity contribution in [1.29, 1.82) is 0 Å². The zero-order chi connectivity index (χ0) is 15.1. The lowest BCUT2D eigenvalue weighted by atomic mass is 9.91. The Morgan fingerprint density at radius 2 is 1.95 bits per heavy atom. The third kappa shape index (κ3) is 2.56. The number of para-hydroxylation sites is 1. The molecule has 6 heteroatoms. The average Bonchev–Trinajstić information content (AvgIpc) is 2.67. The fourth-order valence-corrected chi connectivity index (χ4v) is 3.36. The summed E-state index contributed by atoms with van der Waals surface area (Å²) in [4.78, 5) is 11.3. The molecule has 2 rings (SSSR count). The zero-order valence-corrected chi connectivity index (χ0v) is 13.5. The van der Waals surface area contributed by atoms with Crippen molar-refractivity contribution in [1.82, 2.24) is 9.78 Å². The van der Waals surface area contributed by atoms with E-state index >= 15 is 0 Å². The molecule has 1 aromatic heterocycles. The maximum absolute atomic E-state index is 14.0.